The van der Waals surface area contributed by atoms with Gasteiger partial charge < -0.3 is 5.32 Å². The lowest BCUT2D eigenvalue weighted by Crippen LogP contribution is -2.24. The van der Waals surface area contributed by atoms with Crippen molar-refractivity contribution in [3.63, 3.8) is 0 Å². The first-order valence-electron chi connectivity index (χ1n) is 9.79. The van der Waals surface area contributed by atoms with Crippen LogP contribution in [0.4, 0.5) is 5.82 Å². The van der Waals surface area contributed by atoms with E-state index in [1.54, 1.807) is 0 Å². The minimum atomic E-state index is 0.357. The van der Waals surface area contributed by atoms with Crippen LogP contribution >= 0.6 is 11.6 Å². The molecule has 3 heterocycles. The first-order chi connectivity index (χ1) is 13.7. The van der Waals surface area contributed by atoms with Gasteiger partial charge in [0, 0.05) is 42.5 Å². The van der Waals surface area contributed by atoms with E-state index < -0.39 is 0 Å². The van der Waals surface area contributed by atoms with Gasteiger partial charge in [0.15, 0.2) is 0 Å². The summed E-state index contributed by atoms with van der Waals surface area (Å²) >= 11 is 6.00. The highest BCUT2D eigenvalue weighted by molar-refractivity contribution is 6.30. The molecule has 1 aromatic carbocycles. The second-order valence-electron chi connectivity index (χ2n) is 7.25. The van der Waals surface area contributed by atoms with Crippen molar-refractivity contribution in [2.45, 2.75) is 31.8 Å². The van der Waals surface area contributed by atoms with E-state index in [9.17, 15) is 0 Å². The zero-order valence-corrected chi connectivity index (χ0v) is 16.9. The second kappa shape index (κ2) is 8.72. The summed E-state index contributed by atoms with van der Waals surface area (Å²) in [6, 6.07) is 18.9. The number of hydrogen-bond acceptors (Lipinski definition) is 4. The molecular formula is C23H25ClN4. The van der Waals surface area contributed by atoms with Crippen molar-refractivity contribution in [2.24, 2.45) is 0 Å². The van der Waals surface area contributed by atoms with Gasteiger partial charge in [-0.1, -0.05) is 35.9 Å². The van der Waals surface area contributed by atoms with Crippen LogP contribution in [0.5, 0.6) is 0 Å². The number of aromatic nitrogens is 2. The Morgan fingerprint density at radius 2 is 1.96 bits per heavy atom. The molecule has 2 aromatic heterocycles. The first-order valence-corrected chi connectivity index (χ1v) is 10.2. The fourth-order valence-corrected chi connectivity index (χ4v) is 4.08. The highest BCUT2D eigenvalue weighted by atomic mass is 35.5. The molecule has 0 amide bonds. The van der Waals surface area contributed by atoms with Crippen LogP contribution in [-0.4, -0.2) is 28.5 Å². The van der Waals surface area contributed by atoms with E-state index in [2.05, 4.69) is 51.6 Å². The van der Waals surface area contributed by atoms with Gasteiger partial charge in [-0.05, 0) is 55.3 Å². The largest absolute Gasteiger partial charge is 0.373 e. The molecule has 0 bridgehead atoms. The maximum Gasteiger partial charge on any atom is 0.130 e. The molecule has 1 atom stereocenters. The van der Waals surface area contributed by atoms with Gasteiger partial charge in [-0.2, -0.15) is 0 Å². The molecule has 0 saturated carbocycles. The van der Waals surface area contributed by atoms with Gasteiger partial charge in [0.25, 0.3) is 0 Å². The molecule has 3 aromatic rings. The number of pyridine rings is 2. The van der Waals surface area contributed by atoms with E-state index in [1.807, 2.05) is 31.4 Å². The maximum atomic E-state index is 6.00. The SMILES string of the molecule is CNc1ncccc1CN1CCC[C@@H]1c1cccc(Cc2ccc(Cl)cc2)n1. The van der Waals surface area contributed by atoms with Crippen LogP contribution in [0.2, 0.25) is 5.02 Å². The van der Waals surface area contributed by atoms with Gasteiger partial charge >= 0.3 is 0 Å². The van der Waals surface area contributed by atoms with Crippen molar-refractivity contribution >= 4 is 17.4 Å². The van der Waals surface area contributed by atoms with E-state index in [-0.39, 0.29) is 0 Å². The number of halogens is 1. The molecule has 1 N–H and O–H groups in total. The Bertz CT molecular complexity index is 926. The van der Waals surface area contributed by atoms with Crippen LogP contribution < -0.4 is 5.32 Å². The highest BCUT2D eigenvalue weighted by Gasteiger charge is 2.27. The molecule has 144 valence electrons. The molecule has 0 unspecified atom stereocenters. The molecule has 1 saturated heterocycles. The molecule has 4 nitrogen and oxygen atoms in total. The van der Waals surface area contributed by atoms with Gasteiger partial charge in [0.2, 0.25) is 0 Å². The summed E-state index contributed by atoms with van der Waals surface area (Å²) in [5.41, 5.74) is 4.73. The first kappa shape index (κ1) is 18.9. The van der Waals surface area contributed by atoms with Gasteiger partial charge in [-0.15, -0.1) is 0 Å². The summed E-state index contributed by atoms with van der Waals surface area (Å²) in [6.45, 7) is 1.98. The molecule has 1 aliphatic rings. The molecule has 4 rings (SSSR count). The van der Waals surface area contributed by atoms with E-state index in [0.29, 0.717) is 6.04 Å². The van der Waals surface area contributed by atoms with Crippen molar-refractivity contribution in [2.75, 3.05) is 18.9 Å². The fraction of sp³-hybridized carbons (Fsp3) is 0.304. The topological polar surface area (TPSA) is 41.1 Å². The minimum absolute atomic E-state index is 0.357. The summed E-state index contributed by atoms with van der Waals surface area (Å²) in [6.07, 6.45) is 5.00. The Hall–Kier alpha value is -2.43. The third kappa shape index (κ3) is 4.34. The Morgan fingerprint density at radius 3 is 2.79 bits per heavy atom. The molecule has 0 radical (unpaired) electrons. The van der Waals surface area contributed by atoms with Crippen molar-refractivity contribution < 1.29 is 0 Å². The van der Waals surface area contributed by atoms with Crippen molar-refractivity contribution in [3.8, 4) is 0 Å². The number of anilines is 1. The smallest absolute Gasteiger partial charge is 0.130 e. The average Bonchev–Trinajstić information content (AvgIpc) is 3.19. The predicted octanol–water partition coefficient (Wildman–Crippen LogP) is 5.10. The number of hydrogen-bond donors (Lipinski definition) is 1. The molecular weight excluding hydrogens is 368 g/mol. The minimum Gasteiger partial charge on any atom is -0.373 e. The lowest BCUT2D eigenvalue weighted by molar-refractivity contribution is 0.244. The zero-order chi connectivity index (χ0) is 19.3. The third-order valence-corrected chi connectivity index (χ3v) is 5.59. The Balaban J connectivity index is 1.52. The lowest BCUT2D eigenvalue weighted by Gasteiger charge is -2.25. The van der Waals surface area contributed by atoms with Crippen LogP contribution in [0.1, 0.15) is 41.4 Å². The highest BCUT2D eigenvalue weighted by Crippen LogP contribution is 2.33. The molecule has 5 heteroatoms. The van der Waals surface area contributed by atoms with E-state index >= 15 is 0 Å². The number of likely N-dealkylation sites (tertiary alicyclic amines) is 1. The van der Waals surface area contributed by atoms with Crippen molar-refractivity contribution in [3.05, 3.63) is 88.3 Å². The number of rotatable bonds is 6. The third-order valence-electron chi connectivity index (χ3n) is 5.33. The number of benzene rings is 1. The van der Waals surface area contributed by atoms with Gasteiger partial charge in [0.1, 0.15) is 5.82 Å². The predicted molar refractivity (Wildman–Crippen MR) is 115 cm³/mol. The number of nitrogens with zero attached hydrogens (tertiary/aromatic N) is 3. The molecule has 0 spiro atoms. The van der Waals surface area contributed by atoms with Crippen LogP contribution in [0.15, 0.2) is 60.8 Å². The number of nitrogens with one attached hydrogen (secondary N) is 1. The monoisotopic (exact) mass is 392 g/mol. The van der Waals surface area contributed by atoms with Crippen LogP contribution in [-0.2, 0) is 13.0 Å². The summed E-state index contributed by atoms with van der Waals surface area (Å²) in [7, 11) is 1.93. The van der Waals surface area contributed by atoms with Gasteiger partial charge in [-0.25, -0.2) is 4.98 Å². The Labute approximate surface area is 171 Å². The van der Waals surface area contributed by atoms with Gasteiger partial charge in [0.05, 0.1) is 11.7 Å². The van der Waals surface area contributed by atoms with Crippen molar-refractivity contribution in [1.29, 1.82) is 0 Å². The summed E-state index contributed by atoms with van der Waals surface area (Å²) in [5, 5.41) is 3.97. The van der Waals surface area contributed by atoms with Crippen LogP contribution in [0.3, 0.4) is 0 Å². The second-order valence-corrected chi connectivity index (χ2v) is 7.68. The van der Waals surface area contributed by atoms with E-state index in [4.69, 9.17) is 16.6 Å². The van der Waals surface area contributed by atoms with E-state index in [0.717, 1.165) is 42.5 Å². The average molecular weight is 393 g/mol. The van der Waals surface area contributed by atoms with Crippen molar-refractivity contribution in [1.82, 2.24) is 14.9 Å². The quantitative estimate of drug-likeness (QED) is 0.633. The Morgan fingerprint density at radius 1 is 1.11 bits per heavy atom. The Kier molecular flexibility index (Phi) is 5.89. The fourth-order valence-electron chi connectivity index (χ4n) is 3.95. The molecule has 0 aliphatic carbocycles. The molecule has 1 fully saturated rings. The summed E-state index contributed by atoms with van der Waals surface area (Å²) < 4.78 is 0. The molecule has 1 aliphatic heterocycles. The van der Waals surface area contributed by atoms with Gasteiger partial charge in [-0.3, -0.25) is 9.88 Å². The standard InChI is InChI=1S/C23H25ClN4/c1-25-23-18(5-3-13-26-23)16-28-14-4-8-22(28)21-7-2-6-20(27-21)15-17-9-11-19(24)12-10-17/h2-3,5-7,9-13,22H,4,8,14-16H2,1H3,(H,25,26)/t22-/m1/s1. The maximum absolute atomic E-state index is 6.00. The molecule has 28 heavy (non-hydrogen) atoms. The van der Waals surface area contributed by atoms with Crippen LogP contribution in [0.25, 0.3) is 0 Å². The zero-order valence-electron chi connectivity index (χ0n) is 16.1. The van der Waals surface area contributed by atoms with Crippen LogP contribution in [0, 0.1) is 0 Å². The normalized spacial score (nSPS) is 17.0. The van der Waals surface area contributed by atoms with E-state index in [1.165, 1.54) is 23.2 Å². The lowest BCUT2D eigenvalue weighted by atomic mass is 10.1. The summed E-state index contributed by atoms with van der Waals surface area (Å²) in [4.78, 5) is 12.0. The summed E-state index contributed by atoms with van der Waals surface area (Å²) in [5.74, 6) is 0.956.